The molecule has 0 amide bonds. The van der Waals surface area contributed by atoms with Crippen molar-refractivity contribution < 1.29 is 163 Å². The fraction of sp³-hybridized carbons (Fsp3) is 0.619. The van der Waals surface area contributed by atoms with Crippen LogP contribution < -0.4 is 35.4 Å². The van der Waals surface area contributed by atoms with Crippen LogP contribution in [0.5, 0.6) is 17.2 Å². The molecule has 4 aliphatic heterocycles. The van der Waals surface area contributed by atoms with Gasteiger partial charge in [0.1, 0.15) is 30.2 Å². The summed E-state index contributed by atoms with van der Waals surface area (Å²) in [5.74, 6) is -15.7. The van der Waals surface area contributed by atoms with E-state index < -0.39 is 105 Å². The maximum Gasteiger partial charge on any atom is 0.399 e. The van der Waals surface area contributed by atoms with Crippen LogP contribution in [0.2, 0.25) is 0 Å². The molecule has 121 heavy (non-hydrogen) atoms. The fourth-order valence-corrected chi connectivity index (χ4v) is 14.6. The average molecular weight is 1750 g/mol. The molecule has 4 bridgehead atoms. The number of nitro groups is 1. The number of para-hydroxylation sites is 1. The highest BCUT2D eigenvalue weighted by Gasteiger charge is 2.69. The number of piperidine rings is 2. The van der Waals surface area contributed by atoms with Crippen molar-refractivity contribution in [1.82, 2.24) is 0 Å². The molecule has 4 atom stereocenters. The summed E-state index contributed by atoms with van der Waals surface area (Å²) < 4.78 is 224. The first-order valence-corrected chi connectivity index (χ1v) is 38.5. The molecule has 2 saturated carbocycles. The van der Waals surface area contributed by atoms with Gasteiger partial charge in [-0.1, -0.05) is 126 Å². The van der Waals surface area contributed by atoms with Crippen LogP contribution in [-0.2, 0) is 52.5 Å². The highest BCUT2D eigenvalue weighted by Crippen LogP contribution is 2.53. The summed E-state index contributed by atoms with van der Waals surface area (Å²) >= 11 is 0. The number of fused-ring (bicyclic) bond motifs is 4. The number of nitro benzene ring substituents is 1. The number of halogens is 16. The number of aryl methyl sites for hydroxylation is 1. The Hall–Kier alpha value is -8.84. The zero-order chi connectivity index (χ0) is 94.1. The first kappa shape index (κ1) is 108. The summed E-state index contributed by atoms with van der Waals surface area (Å²) in [4.78, 5) is 78.6. The Kier molecular flexibility index (Phi) is 38.4. The number of nitrogens with two attached hydrogens (primary N) is 1. The third kappa shape index (κ3) is 30.0. The van der Waals surface area contributed by atoms with Gasteiger partial charge >= 0.3 is 60.5 Å². The Morgan fingerprint density at radius 3 is 1.12 bits per heavy atom. The Balaban J connectivity index is 0.000000471. The predicted octanol–water partition coefficient (Wildman–Crippen LogP) is 14.2. The number of carbonyl (C=O) groups is 6. The Morgan fingerprint density at radius 1 is 0.504 bits per heavy atom. The molecule has 0 spiro atoms. The molecular weight excluding hydrogens is 1640 g/mol. The van der Waals surface area contributed by atoms with Gasteiger partial charge in [0.2, 0.25) is 0 Å². The number of alkyl halides is 12. The van der Waals surface area contributed by atoms with Crippen LogP contribution in [0, 0.1) is 80.7 Å². The van der Waals surface area contributed by atoms with Gasteiger partial charge in [-0.05, 0) is 144 Å². The molecule has 0 aromatic heterocycles. The van der Waals surface area contributed by atoms with Gasteiger partial charge in [0.05, 0.1) is 42.2 Å². The number of hydrogen-bond donors (Lipinski definition) is 2. The molecular formula is C84H111F16N3O18-2. The zero-order valence-corrected chi connectivity index (χ0v) is 71.2. The third-order valence-electron chi connectivity index (χ3n) is 22.2. The van der Waals surface area contributed by atoms with Gasteiger partial charge in [-0.2, -0.15) is 52.7 Å². The van der Waals surface area contributed by atoms with Crippen molar-refractivity contribution in [3.63, 3.8) is 0 Å². The summed E-state index contributed by atoms with van der Waals surface area (Å²) in [7, 11) is 2.26. The Labute approximate surface area is 693 Å². The number of benzene rings is 3. The van der Waals surface area contributed by atoms with Crippen molar-refractivity contribution in [2.24, 2.45) is 33.5 Å². The SMILES string of the molecule is C=C(C)C(=O)OC1CC(C)(C)C(C)C(C)(C)C1.C=C(C)C(=O)OC1CC(C)(C)C(C)C(C)(C)C1.C=C(C)C(=O)OC1CC2CCC(C1)[NH+]2C.C=C(C)C(=O)OC1CC2CCC(C1)[NH2+]2.CC(C)OC(=O)C([O-])(C(F)(F)F)C(F)(F)F.Cc1c(F)c(F)c([O-])c(F)c1F.Cc1ccc([O-])c([N+](=O)[O-])c1.O=C(Oc1ccccc1)C([O-])(C(F)(F)F)C(F)(F)F. The quantitative estimate of drug-likeness (QED) is 0.0235. The van der Waals surface area contributed by atoms with Gasteiger partial charge in [0.15, 0.2) is 34.5 Å². The number of esters is 6. The maximum atomic E-state index is 12.5. The van der Waals surface area contributed by atoms with E-state index >= 15 is 0 Å². The molecule has 3 aromatic carbocycles. The van der Waals surface area contributed by atoms with Crippen molar-refractivity contribution >= 4 is 41.5 Å². The second-order valence-corrected chi connectivity index (χ2v) is 34.3. The summed E-state index contributed by atoms with van der Waals surface area (Å²) in [5.41, 5.74) is -9.21. The summed E-state index contributed by atoms with van der Waals surface area (Å²) in [6, 6.07) is 12.5. The minimum Gasteiger partial charge on any atom is -0.868 e. The fourth-order valence-electron chi connectivity index (χ4n) is 14.6. The van der Waals surface area contributed by atoms with Gasteiger partial charge in [0.25, 0.3) is 5.69 Å². The van der Waals surface area contributed by atoms with Crippen LogP contribution in [0.15, 0.2) is 97.1 Å². The lowest BCUT2D eigenvalue weighted by Crippen LogP contribution is -3.15. The topological polar surface area (TPSA) is 314 Å². The molecule has 0 radical (unpaired) electrons. The van der Waals surface area contributed by atoms with E-state index in [4.69, 9.17) is 18.9 Å². The molecule has 4 heterocycles. The zero-order valence-electron chi connectivity index (χ0n) is 71.2. The lowest BCUT2D eigenvalue weighted by Gasteiger charge is -2.50. The van der Waals surface area contributed by atoms with E-state index in [0.29, 0.717) is 58.3 Å². The predicted molar refractivity (Wildman–Crippen MR) is 402 cm³/mol. The molecule has 4 saturated heterocycles. The van der Waals surface area contributed by atoms with Crippen molar-refractivity contribution in [2.45, 2.75) is 292 Å². The summed E-state index contributed by atoms with van der Waals surface area (Å²) in [5, 5.41) is 55.3. The molecule has 37 heteroatoms. The molecule has 9 rings (SSSR count). The lowest BCUT2D eigenvalue weighted by atomic mass is 9.57. The number of carbonyl (C=O) groups excluding carboxylic acids is 6. The minimum atomic E-state index is -6.36. The normalized spacial score (nSPS) is 23.4. The molecule has 3 aromatic rings. The number of quaternary nitrogens is 2. The molecule has 684 valence electrons. The van der Waals surface area contributed by atoms with Gasteiger partial charge in [-0.25, -0.2) is 36.7 Å². The highest BCUT2D eigenvalue weighted by atomic mass is 19.4. The van der Waals surface area contributed by atoms with Gasteiger partial charge < -0.3 is 59.1 Å². The van der Waals surface area contributed by atoms with E-state index in [1.807, 2.05) is 0 Å². The van der Waals surface area contributed by atoms with Crippen molar-refractivity contribution in [3.8, 4) is 17.2 Å². The molecule has 6 aliphatic rings. The van der Waals surface area contributed by atoms with Crippen molar-refractivity contribution in [3.05, 3.63) is 142 Å². The average Bonchev–Trinajstić information content (AvgIpc) is 1.55. The van der Waals surface area contributed by atoms with Crippen molar-refractivity contribution in [1.29, 1.82) is 0 Å². The molecule has 4 unspecified atom stereocenters. The van der Waals surface area contributed by atoms with Crippen LogP contribution in [0.3, 0.4) is 0 Å². The molecule has 2 aliphatic carbocycles. The van der Waals surface area contributed by atoms with Crippen LogP contribution in [0.4, 0.5) is 75.9 Å². The Morgan fingerprint density at radius 2 is 0.818 bits per heavy atom. The minimum absolute atomic E-state index is 0.0281. The van der Waals surface area contributed by atoms with E-state index in [0.717, 1.165) is 89.8 Å². The van der Waals surface area contributed by atoms with Crippen LogP contribution in [-0.4, -0.2) is 138 Å². The standard InChI is InChI=1S/2C15H26O2.C12H19NO2.C11H17NO2.C10H5F6O3.C7H7F6O3.C7H4F4O.C7H7NO3/c2*1-10(2)13(16)17-12-8-14(4,5)11(3)15(6,7)9-12;1-8(2)12(14)15-11-6-9-4-5-10(7-11)13(9)3;1-7(2)11(13)14-10-5-8-3-4-9(6-10)12-8;11-9(12,13)8(18,10(14,15)16)7(17)19-6-4-2-1-3-5-6;1-3(2)16-4(14)5(15,6(8,9)10)7(11,12)13;1-2-3(8)5(10)7(12)6(11)4(2)9;1-5-2-3-7(9)6(4-5)8(10)11/h2*11-12H,1,8-9H2,2-7H3;9-11H,1,4-7H2,2-3H3;8-10,12H,1,3-6H2,2H3;1-5H;3H,1-2H3;12H,1H3;2-4,9H,1H3/q;;;;2*-1;;. The van der Waals surface area contributed by atoms with Gasteiger partial charge in [0, 0.05) is 85.3 Å². The van der Waals surface area contributed by atoms with Crippen LogP contribution in [0.25, 0.3) is 0 Å². The van der Waals surface area contributed by atoms with Crippen LogP contribution in [0.1, 0.15) is 199 Å². The largest absolute Gasteiger partial charge is 0.868 e. The number of nitrogens with one attached hydrogen (secondary N) is 1. The second-order valence-electron chi connectivity index (χ2n) is 34.3. The lowest BCUT2D eigenvalue weighted by molar-refractivity contribution is -0.923. The Bertz CT molecular complexity index is 3860. The molecule has 3 N–H and O–H groups in total. The number of nitrogens with zero attached hydrogens (tertiary/aromatic N) is 1. The highest BCUT2D eigenvalue weighted by molar-refractivity contribution is 5.88. The number of hydrogen-bond acceptors (Lipinski definition) is 18. The van der Waals surface area contributed by atoms with Crippen molar-refractivity contribution in [2.75, 3.05) is 7.05 Å². The van der Waals surface area contributed by atoms with E-state index in [2.05, 4.69) is 117 Å². The van der Waals surface area contributed by atoms with Crippen LogP contribution >= 0.6 is 0 Å². The number of rotatable bonds is 13. The molecule has 6 fully saturated rings. The van der Waals surface area contributed by atoms with Gasteiger partial charge in [-0.3, -0.25) is 19.7 Å². The maximum absolute atomic E-state index is 12.5. The monoisotopic (exact) mass is 1750 g/mol. The second kappa shape index (κ2) is 43.0. The first-order chi connectivity index (χ1) is 54.8. The summed E-state index contributed by atoms with van der Waals surface area (Å²) in [6.07, 6.45) is -13.3. The first-order valence-electron chi connectivity index (χ1n) is 38.5. The van der Waals surface area contributed by atoms with E-state index in [1.54, 1.807) is 45.6 Å². The number of ether oxygens (including phenoxy) is 6. The van der Waals surface area contributed by atoms with E-state index in [-0.39, 0.29) is 75.6 Å². The third-order valence-corrected chi connectivity index (χ3v) is 22.2. The van der Waals surface area contributed by atoms with E-state index in [1.165, 1.54) is 56.0 Å². The smallest absolute Gasteiger partial charge is 0.399 e. The van der Waals surface area contributed by atoms with Gasteiger partial charge in [-0.15, -0.1) is 0 Å². The van der Waals surface area contributed by atoms with E-state index in [9.17, 15) is 130 Å². The molecule has 21 nitrogen and oxygen atoms in total. The summed E-state index contributed by atoms with van der Waals surface area (Å²) in [6.45, 7) is 48.6.